The summed E-state index contributed by atoms with van der Waals surface area (Å²) in [5, 5.41) is 7.97. The highest BCUT2D eigenvalue weighted by molar-refractivity contribution is 9.10. The van der Waals surface area contributed by atoms with Crippen LogP contribution in [0.1, 0.15) is 28.1 Å². The van der Waals surface area contributed by atoms with Crippen molar-refractivity contribution in [3.63, 3.8) is 0 Å². The summed E-state index contributed by atoms with van der Waals surface area (Å²) in [7, 11) is 0. The summed E-state index contributed by atoms with van der Waals surface area (Å²) in [6, 6.07) is 4.35. The lowest BCUT2D eigenvalue weighted by Gasteiger charge is -2.06. The minimum Gasteiger partial charge on any atom is -0.306 e. The standard InChI is InChI=1S/C13H18BrN3S/c1-4-17-12(13(14)10(3)16-17)8-15-7-11-6-5-9(2)18-11/h5-6,15H,4,7-8H2,1-3H3. The number of rotatable bonds is 5. The van der Waals surface area contributed by atoms with Crippen LogP contribution >= 0.6 is 27.3 Å². The smallest absolute Gasteiger partial charge is 0.0739 e. The maximum atomic E-state index is 4.49. The molecule has 0 aliphatic carbocycles. The van der Waals surface area contributed by atoms with Crippen LogP contribution in [0.25, 0.3) is 0 Å². The number of nitrogens with one attached hydrogen (secondary N) is 1. The molecule has 3 nitrogen and oxygen atoms in total. The molecular weight excluding hydrogens is 310 g/mol. The zero-order valence-electron chi connectivity index (χ0n) is 11.0. The van der Waals surface area contributed by atoms with E-state index in [1.807, 2.05) is 22.9 Å². The third kappa shape index (κ3) is 3.02. The van der Waals surface area contributed by atoms with Gasteiger partial charge in [-0.25, -0.2) is 0 Å². The molecule has 0 amide bonds. The molecule has 2 heterocycles. The predicted octanol–water partition coefficient (Wildman–Crippen LogP) is 3.63. The van der Waals surface area contributed by atoms with Crippen molar-refractivity contribution in [1.82, 2.24) is 15.1 Å². The highest BCUT2D eigenvalue weighted by Gasteiger charge is 2.11. The molecule has 5 heteroatoms. The summed E-state index contributed by atoms with van der Waals surface area (Å²) in [5.74, 6) is 0. The SMILES string of the molecule is CCn1nc(C)c(Br)c1CNCc1ccc(C)s1. The average Bonchev–Trinajstić information content (AvgIpc) is 2.87. The van der Waals surface area contributed by atoms with Gasteiger partial charge >= 0.3 is 0 Å². The molecule has 1 N–H and O–H groups in total. The van der Waals surface area contributed by atoms with Crippen LogP contribution in [0.4, 0.5) is 0 Å². The van der Waals surface area contributed by atoms with E-state index in [1.165, 1.54) is 15.4 Å². The molecule has 0 bridgehead atoms. The normalized spacial score (nSPS) is 11.1. The predicted molar refractivity (Wildman–Crippen MR) is 79.9 cm³/mol. The van der Waals surface area contributed by atoms with Crippen molar-refractivity contribution in [2.75, 3.05) is 0 Å². The van der Waals surface area contributed by atoms with E-state index >= 15 is 0 Å². The second-order valence-corrected chi connectivity index (χ2v) is 6.44. The third-order valence-corrected chi connectivity index (χ3v) is 4.87. The Labute approximate surface area is 120 Å². The van der Waals surface area contributed by atoms with Crippen LogP contribution in [0.2, 0.25) is 0 Å². The Balaban J connectivity index is 1.98. The lowest BCUT2D eigenvalue weighted by atomic mass is 10.3. The first-order chi connectivity index (χ1) is 8.61. The summed E-state index contributed by atoms with van der Waals surface area (Å²) >= 11 is 5.46. The Morgan fingerprint density at radius 3 is 2.72 bits per heavy atom. The van der Waals surface area contributed by atoms with Gasteiger partial charge in [0.15, 0.2) is 0 Å². The van der Waals surface area contributed by atoms with Gasteiger partial charge in [0.2, 0.25) is 0 Å². The van der Waals surface area contributed by atoms with Gasteiger partial charge in [-0.05, 0) is 48.8 Å². The van der Waals surface area contributed by atoms with E-state index in [2.05, 4.69) is 52.3 Å². The van der Waals surface area contributed by atoms with Gasteiger partial charge in [-0.2, -0.15) is 5.10 Å². The van der Waals surface area contributed by atoms with Gasteiger partial charge in [-0.3, -0.25) is 4.68 Å². The summed E-state index contributed by atoms with van der Waals surface area (Å²) < 4.78 is 3.17. The Kier molecular flexibility index (Phi) is 4.59. The minimum atomic E-state index is 0.839. The Hall–Kier alpha value is -0.650. The summed E-state index contributed by atoms with van der Waals surface area (Å²) in [6.07, 6.45) is 0. The molecule has 98 valence electrons. The van der Waals surface area contributed by atoms with Crippen molar-refractivity contribution in [1.29, 1.82) is 0 Å². The summed E-state index contributed by atoms with van der Waals surface area (Å²) in [6.45, 7) is 8.94. The molecule has 2 aromatic rings. The number of halogens is 1. The van der Waals surface area contributed by atoms with Crippen LogP contribution in [-0.2, 0) is 19.6 Å². The molecule has 0 atom stereocenters. The molecule has 0 aromatic carbocycles. The van der Waals surface area contributed by atoms with Gasteiger partial charge < -0.3 is 5.32 Å². The van der Waals surface area contributed by atoms with Crippen molar-refractivity contribution in [2.45, 2.75) is 40.4 Å². The molecule has 0 aliphatic rings. The fraction of sp³-hybridized carbons (Fsp3) is 0.462. The van der Waals surface area contributed by atoms with Crippen molar-refractivity contribution in [3.8, 4) is 0 Å². The van der Waals surface area contributed by atoms with Gasteiger partial charge in [-0.1, -0.05) is 0 Å². The van der Waals surface area contributed by atoms with Crippen molar-refractivity contribution < 1.29 is 0 Å². The molecule has 0 saturated carbocycles. The third-order valence-electron chi connectivity index (χ3n) is 2.84. The number of thiophene rings is 1. The van der Waals surface area contributed by atoms with Crippen LogP contribution < -0.4 is 5.32 Å². The number of nitrogens with zero attached hydrogens (tertiary/aromatic N) is 2. The summed E-state index contributed by atoms with van der Waals surface area (Å²) in [5.41, 5.74) is 2.28. The largest absolute Gasteiger partial charge is 0.306 e. The Morgan fingerprint density at radius 2 is 2.11 bits per heavy atom. The second-order valence-electron chi connectivity index (χ2n) is 4.28. The van der Waals surface area contributed by atoms with E-state index in [0.717, 1.165) is 29.8 Å². The van der Waals surface area contributed by atoms with Gasteiger partial charge in [0, 0.05) is 29.4 Å². The van der Waals surface area contributed by atoms with Gasteiger partial charge in [0.05, 0.1) is 15.9 Å². The van der Waals surface area contributed by atoms with Crippen molar-refractivity contribution >= 4 is 27.3 Å². The van der Waals surface area contributed by atoms with Gasteiger partial charge in [0.1, 0.15) is 0 Å². The van der Waals surface area contributed by atoms with Crippen LogP contribution in [0.5, 0.6) is 0 Å². The maximum absolute atomic E-state index is 4.49. The fourth-order valence-corrected chi connectivity index (χ4v) is 3.21. The number of hydrogen-bond donors (Lipinski definition) is 1. The topological polar surface area (TPSA) is 29.9 Å². The minimum absolute atomic E-state index is 0.839. The second kappa shape index (κ2) is 5.99. The Morgan fingerprint density at radius 1 is 1.33 bits per heavy atom. The quantitative estimate of drug-likeness (QED) is 0.908. The van der Waals surface area contributed by atoms with E-state index in [-0.39, 0.29) is 0 Å². The molecule has 0 spiro atoms. The molecule has 0 radical (unpaired) electrons. The molecule has 2 aromatic heterocycles. The number of aryl methyl sites for hydroxylation is 3. The molecule has 18 heavy (non-hydrogen) atoms. The molecule has 0 unspecified atom stereocenters. The first kappa shape index (κ1) is 13.8. The first-order valence-corrected chi connectivity index (χ1v) is 7.70. The molecule has 2 rings (SSSR count). The van der Waals surface area contributed by atoms with E-state index in [4.69, 9.17) is 0 Å². The van der Waals surface area contributed by atoms with Gasteiger partial charge in [-0.15, -0.1) is 11.3 Å². The maximum Gasteiger partial charge on any atom is 0.0739 e. The van der Waals surface area contributed by atoms with Crippen LogP contribution in [0.3, 0.4) is 0 Å². The highest BCUT2D eigenvalue weighted by Crippen LogP contribution is 2.21. The average molecular weight is 328 g/mol. The Bertz CT molecular complexity index is 530. The number of hydrogen-bond acceptors (Lipinski definition) is 3. The van der Waals surface area contributed by atoms with Gasteiger partial charge in [0.25, 0.3) is 0 Å². The van der Waals surface area contributed by atoms with Crippen molar-refractivity contribution in [2.24, 2.45) is 0 Å². The molecular formula is C13H18BrN3S. The lowest BCUT2D eigenvalue weighted by molar-refractivity contribution is 0.579. The van der Waals surface area contributed by atoms with Crippen LogP contribution in [-0.4, -0.2) is 9.78 Å². The fourth-order valence-electron chi connectivity index (χ4n) is 1.92. The van der Waals surface area contributed by atoms with E-state index < -0.39 is 0 Å². The van der Waals surface area contributed by atoms with E-state index in [0.29, 0.717) is 0 Å². The zero-order valence-corrected chi connectivity index (χ0v) is 13.4. The summed E-state index contributed by atoms with van der Waals surface area (Å²) in [4.78, 5) is 2.74. The first-order valence-electron chi connectivity index (χ1n) is 6.09. The monoisotopic (exact) mass is 327 g/mol. The molecule has 0 aliphatic heterocycles. The van der Waals surface area contributed by atoms with E-state index in [1.54, 1.807) is 0 Å². The van der Waals surface area contributed by atoms with Crippen LogP contribution in [0, 0.1) is 13.8 Å². The van der Waals surface area contributed by atoms with Crippen molar-refractivity contribution in [3.05, 3.63) is 37.7 Å². The lowest BCUT2D eigenvalue weighted by Crippen LogP contribution is -2.16. The number of aromatic nitrogens is 2. The highest BCUT2D eigenvalue weighted by atomic mass is 79.9. The molecule has 0 fully saturated rings. The zero-order chi connectivity index (χ0) is 13.1. The van der Waals surface area contributed by atoms with E-state index in [9.17, 15) is 0 Å². The van der Waals surface area contributed by atoms with Crippen LogP contribution in [0.15, 0.2) is 16.6 Å². The molecule has 0 saturated heterocycles.